The van der Waals surface area contributed by atoms with Crippen molar-refractivity contribution in [3.63, 3.8) is 0 Å². The number of alkyl halides is 3. The Kier molecular flexibility index (Phi) is 4.45. The maximum Gasteiger partial charge on any atom is 0.451 e. The number of anilines is 2. The number of hydrogen-bond donors (Lipinski definition) is 2. The Hall–Kier alpha value is -3.23. The van der Waals surface area contributed by atoms with Gasteiger partial charge in [-0.05, 0) is 18.2 Å². The molecular formula is C17H14F3N3O3. The summed E-state index contributed by atoms with van der Waals surface area (Å²) in [5.41, 5.74) is 0.221. The first kappa shape index (κ1) is 17.6. The Balaban J connectivity index is 2.25. The van der Waals surface area contributed by atoms with Crippen molar-refractivity contribution in [2.75, 3.05) is 19.5 Å². The minimum Gasteiger partial charge on any atom is -0.506 e. The van der Waals surface area contributed by atoms with E-state index in [1.54, 1.807) is 12.1 Å². The third kappa shape index (κ3) is 3.28. The lowest BCUT2D eigenvalue weighted by molar-refractivity contribution is -0.144. The average Bonchev–Trinajstić information content (AvgIpc) is 2.61. The third-order valence-corrected chi connectivity index (χ3v) is 3.61. The van der Waals surface area contributed by atoms with Crippen LogP contribution in [0.1, 0.15) is 5.82 Å². The van der Waals surface area contributed by atoms with Crippen molar-refractivity contribution in [1.29, 1.82) is 0 Å². The number of aromatic nitrogens is 2. The summed E-state index contributed by atoms with van der Waals surface area (Å²) in [6, 6.07) is 8.93. The number of rotatable bonds is 4. The largest absolute Gasteiger partial charge is 0.506 e. The quantitative estimate of drug-likeness (QED) is 0.678. The zero-order valence-corrected chi connectivity index (χ0v) is 13.8. The molecule has 136 valence electrons. The first-order valence-corrected chi connectivity index (χ1v) is 7.39. The molecule has 0 radical (unpaired) electrons. The summed E-state index contributed by atoms with van der Waals surface area (Å²) in [4.78, 5) is 7.17. The highest BCUT2D eigenvalue weighted by molar-refractivity contribution is 5.93. The fourth-order valence-electron chi connectivity index (χ4n) is 2.38. The van der Waals surface area contributed by atoms with Crippen molar-refractivity contribution in [2.45, 2.75) is 6.18 Å². The van der Waals surface area contributed by atoms with E-state index in [9.17, 15) is 18.3 Å². The number of halogens is 3. The molecule has 2 N–H and O–H groups in total. The summed E-state index contributed by atoms with van der Waals surface area (Å²) in [5.74, 6) is -1.02. The van der Waals surface area contributed by atoms with E-state index in [0.29, 0.717) is 5.75 Å². The highest BCUT2D eigenvalue weighted by Crippen LogP contribution is 2.38. The molecule has 0 amide bonds. The van der Waals surface area contributed by atoms with E-state index < -0.39 is 12.0 Å². The van der Waals surface area contributed by atoms with Gasteiger partial charge in [-0.2, -0.15) is 13.2 Å². The Morgan fingerprint density at radius 3 is 2.27 bits per heavy atom. The van der Waals surface area contributed by atoms with Crippen LogP contribution >= 0.6 is 0 Å². The first-order valence-electron chi connectivity index (χ1n) is 7.39. The third-order valence-electron chi connectivity index (χ3n) is 3.61. The van der Waals surface area contributed by atoms with Gasteiger partial charge in [0.2, 0.25) is 5.82 Å². The maximum atomic E-state index is 13.2. The molecule has 1 aromatic heterocycles. The molecule has 1 heterocycles. The average molecular weight is 365 g/mol. The van der Waals surface area contributed by atoms with Gasteiger partial charge in [0.1, 0.15) is 11.6 Å². The minimum atomic E-state index is -4.74. The van der Waals surface area contributed by atoms with Gasteiger partial charge in [0.05, 0.1) is 25.4 Å². The lowest BCUT2D eigenvalue weighted by atomic mass is 10.2. The fourth-order valence-corrected chi connectivity index (χ4v) is 2.38. The van der Waals surface area contributed by atoms with Crippen LogP contribution in [-0.2, 0) is 6.18 Å². The molecule has 0 aliphatic carbocycles. The molecule has 0 saturated heterocycles. The summed E-state index contributed by atoms with van der Waals surface area (Å²) < 4.78 is 49.9. The van der Waals surface area contributed by atoms with E-state index in [4.69, 9.17) is 9.47 Å². The van der Waals surface area contributed by atoms with Crippen LogP contribution in [0.4, 0.5) is 24.7 Å². The number of ether oxygens (including phenoxy) is 2. The number of para-hydroxylation sites is 2. The number of hydrogen-bond acceptors (Lipinski definition) is 6. The van der Waals surface area contributed by atoms with E-state index in [2.05, 4.69) is 15.3 Å². The molecule has 0 aliphatic heterocycles. The van der Waals surface area contributed by atoms with Crippen molar-refractivity contribution in [1.82, 2.24) is 9.97 Å². The van der Waals surface area contributed by atoms with Gasteiger partial charge >= 0.3 is 6.18 Å². The Labute approximate surface area is 146 Å². The van der Waals surface area contributed by atoms with Crippen LogP contribution in [0.2, 0.25) is 0 Å². The Morgan fingerprint density at radius 2 is 1.65 bits per heavy atom. The van der Waals surface area contributed by atoms with Gasteiger partial charge in [-0.25, -0.2) is 9.97 Å². The summed E-state index contributed by atoms with van der Waals surface area (Å²) in [6.45, 7) is 0. The number of phenols is 1. The lowest BCUT2D eigenvalue weighted by Gasteiger charge is -2.15. The Morgan fingerprint density at radius 1 is 1.00 bits per heavy atom. The van der Waals surface area contributed by atoms with Crippen LogP contribution in [0.3, 0.4) is 0 Å². The van der Waals surface area contributed by atoms with E-state index in [0.717, 1.165) is 0 Å². The second-order valence-electron chi connectivity index (χ2n) is 5.26. The van der Waals surface area contributed by atoms with E-state index in [1.807, 2.05) is 0 Å². The van der Waals surface area contributed by atoms with Crippen LogP contribution in [-0.4, -0.2) is 29.3 Å². The summed E-state index contributed by atoms with van der Waals surface area (Å²) in [6.07, 6.45) is -4.74. The minimum absolute atomic E-state index is 0.0166. The van der Waals surface area contributed by atoms with Crippen LogP contribution in [0.25, 0.3) is 10.9 Å². The molecular weight excluding hydrogens is 351 g/mol. The van der Waals surface area contributed by atoms with Gasteiger partial charge < -0.3 is 19.9 Å². The molecule has 3 rings (SSSR count). The van der Waals surface area contributed by atoms with Crippen molar-refractivity contribution in [3.8, 4) is 17.2 Å². The molecule has 26 heavy (non-hydrogen) atoms. The van der Waals surface area contributed by atoms with E-state index in [1.165, 1.54) is 38.5 Å². The van der Waals surface area contributed by atoms with Crippen LogP contribution < -0.4 is 14.8 Å². The Bertz CT molecular complexity index is 961. The summed E-state index contributed by atoms with van der Waals surface area (Å²) in [7, 11) is 2.78. The number of nitrogens with zero attached hydrogens (tertiary/aromatic N) is 2. The second kappa shape index (κ2) is 6.58. The molecule has 3 aromatic rings. The van der Waals surface area contributed by atoms with Crippen LogP contribution in [0.5, 0.6) is 17.2 Å². The number of nitrogens with one attached hydrogen (secondary N) is 1. The predicted molar refractivity (Wildman–Crippen MR) is 89.0 cm³/mol. The number of phenolic OH excluding ortho intramolecular Hbond substituents is 1. The molecule has 0 saturated carbocycles. The maximum absolute atomic E-state index is 13.2. The number of benzene rings is 2. The molecule has 2 aromatic carbocycles. The van der Waals surface area contributed by atoms with Crippen LogP contribution in [0, 0.1) is 0 Å². The highest BCUT2D eigenvalue weighted by Gasteiger charge is 2.36. The summed E-state index contributed by atoms with van der Waals surface area (Å²) >= 11 is 0. The van der Waals surface area contributed by atoms with Gasteiger partial charge in [0.25, 0.3) is 0 Å². The molecule has 9 heteroatoms. The number of methoxy groups -OCH3 is 2. The molecule has 0 spiro atoms. The van der Waals surface area contributed by atoms with Crippen molar-refractivity contribution < 1.29 is 27.8 Å². The number of fused-ring (bicyclic) bond motifs is 1. The molecule has 0 unspecified atom stereocenters. The zero-order chi connectivity index (χ0) is 18.9. The van der Waals surface area contributed by atoms with Gasteiger partial charge in [-0.15, -0.1) is 0 Å². The topological polar surface area (TPSA) is 76.5 Å². The van der Waals surface area contributed by atoms with Crippen LogP contribution in [0.15, 0.2) is 36.4 Å². The lowest BCUT2D eigenvalue weighted by Crippen LogP contribution is -2.13. The standard InChI is InChI=1S/C17H14F3N3O3/c1-25-13-7-9-11(8-14(13)26-2)22-16(17(18,19)20)23-15(9)21-10-5-3-4-6-12(10)24/h3-8,24H,1-2H3,(H,21,22,23). The van der Waals surface area contributed by atoms with E-state index in [-0.39, 0.29) is 33.9 Å². The summed E-state index contributed by atoms with van der Waals surface area (Å²) in [5, 5.41) is 12.9. The van der Waals surface area contributed by atoms with Gasteiger partial charge in [-0.1, -0.05) is 12.1 Å². The normalized spacial score (nSPS) is 11.4. The van der Waals surface area contributed by atoms with Crippen molar-refractivity contribution >= 4 is 22.4 Å². The molecule has 6 nitrogen and oxygen atoms in total. The second-order valence-corrected chi connectivity index (χ2v) is 5.26. The number of aromatic hydroxyl groups is 1. The highest BCUT2D eigenvalue weighted by atomic mass is 19.4. The molecule has 0 aliphatic rings. The molecule has 0 fully saturated rings. The predicted octanol–water partition coefficient (Wildman–Crippen LogP) is 4.12. The molecule has 0 bridgehead atoms. The molecule has 0 atom stereocenters. The van der Waals surface area contributed by atoms with Crippen molar-refractivity contribution in [2.24, 2.45) is 0 Å². The SMILES string of the molecule is COc1cc2nc(C(F)(F)F)nc(Nc3ccccc3O)c2cc1OC. The zero-order valence-electron chi connectivity index (χ0n) is 13.8. The van der Waals surface area contributed by atoms with Gasteiger partial charge in [-0.3, -0.25) is 0 Å². The smallest absolute Gasteiger partial charge is 0.451 e. The van der Waals surface area contributed by atoms with Gasteiger partial charge in [0.15, 0.2) is 11.5 Å². The first-order chi connectivity index (χ1) is 12.3. The van der Waals surface area contributed by atoms with Crippen molar-refractivity contribution in [3.05, 3.63) is 42.2 Å². The monoisotopic (exact) mass is 365 g/mol. The van der Waals surface area contributed by atoms with Gasteiger partial charge in [0, 0.05) is 11.5 Å². The fraction of sp³-hybridized carbons (Fsp3) is 0.176. The van der Waals surface area contributed by atoms with E-state index >= 15 is 0 Å².